The van der Waals surface area contributed by atoms with Gasteiger partial charge >= 0.3 is 0 Å². The summed E-state index contributed by atoms with van der Waals surface area (Å²) in [5, 5.41) is 10.4. The number of benzene rings is 3. The molecule has 1 fully saturated rings. The molecule has 3 aromatic carbocycles. The van der Waals surface area contributed by atoms with E-state index in [1.807, 2.05) is 42.5 Å². The average molecular weight is 483 g/mol. The molecule has 0 bridgehead atoms. The summed E-state index contributed by atoms with van der Waals surface area (Å²) >= 11 is 0. The van der Waals surface area contributed by atoms with Crippen molar-refractivity contribution in [1.29, 1.82) is 5.26 Å². The van der Waals surface area contributed by atoms with E-state index in [1.165, 1.54) is 6.26 Å². The van der Waals surface area contributed by atoms with Gasteiger partial charge in [0.25, 0.3) is 0 Å². The topological polar surface area (TPSA) is 77.3 Å². The maximum atomic E-state index is 12.2. The number of rotatable bonds is 5. The zero-order chi connectivity index (χ0) is 24.4. The molecule has 7 heteroatoms. The summed E-state index contributed by atoms with van der Waals surface area (Å²) in [6, 6.07) is 27.4. The Labute approximate surface area is 206 Å². The molecule has 0 atom stereocenters. The average Bonchev–Trinajstić information content (AvgIpc) is 2.88. The molecule has 4 aromatic rings. The van der Waals surface area contributed by atoms with Gasteiger partial charge in [-0.2, -0.15) is 5.26 Å². The molecule has 35 heavy (non-hydrogen) atoms. The number of anilines is 1. The minimum absolute atomic E-state index is 0.409. The van der Waals surface area contributed by atoms with Gasteiger partial charge in [0.05, 0.1) is 22.0 Å². The molecule has 2 heterocycles. The van der Waals surface area contributed by atoms with Gasteiger partial charge in [-0.15, -0.1) is 0 Å². The molecule has 0 unspecified atom stereocenters. The highest BCUT2D eigenvalue weighted by atomic mass is 32.2. The first-order valence-corrected chi connectivity index (χ1v) is 13.5. The van der Waals surface area contributed by atoms with Gasteiger partial charge < -0.3 is 4.90 Å². The van der Waals surface area contributed by atoms with Gasteiger partial charge in [0.15, 0.2) is 9.84 Å². The number of hydrogen-bond donors (Lipinski definition) is 0. The van der Waals surface area contributed by atoms with Crippen molar-refractivity contribution in [3.63, 3.8) is 0 Å². The first-order chi connectivity index (χ1) is 16.9. The molecular weight excluding hydrogens is 456 g/mol. The molecule has 0 spiro atoms. The van der Waals surface area contributed by atoms with Crippen molar-refractivity contribution < 1.29 is 8.42 Å². The first kappa shape index (κ1) is 23.0. The lowest BCUT2D eigenvalue weighted by Gasteiger charge is -2.35. The number of sulfone groups is 1. The number of para-hydroxylation sites is 1. The van der Waals surface area contributed by atoms with Crippen LogP contribution in [0.1, 0.15) is 11.1 Å². The molecule has 5 rings (SSSR count). The van der Waals surface area contributed by atoms with Gasteiger partial charge in [-0.3, -0.25) is 4.90 Å². The number of hydrogen-bond acceptors (Lipinski definition) is 6. The van der Waals surface area contributed by atoms with Crippen LogP contribution in [0.3, 0.4) is 0 Å². The molecule has 0 saturated carbocycles. The van der Waals surface area contributed by atoms with Crippen LogP contribution in [0, 0.1) is 11.3 Å². The van der Waals surface area contributed by atoms with Crippen LogP contribution >= 0.6 is 0 Å². The second-order valence-corrected chi connectivity index (χ2v) is 10.9. The molecule has 1 aliphatic heterocycles. The Bertz CT molecular complexity index is 1530. The lowest BCUT2D eigenvalue weighted by molar-refractivity contribution is 0.247. The zero-order valence-electron chi connectivity index (χ0n) is 19.6. The summed E-state index contributed by atoms with van der Waals surface area (Å²) in [4.78, 5) is 10.0. The highest BCUT2D eigenvalue weighted by Gasteiger charge is 2.21. The van der Waals surface area contributed by atoms with Crippen LogP contribution in [0.4, 0.5) is 5.82 Å². The third-order valence-corrected chi connectivity index (χ3v) is 7.67. The van der Waals surface area contributed by atoms with E-state index in [-0.39, 0.29) is 0 Å². The number of aromatic nitrogens is 1. The number of nitrogens with zero attached hydrogens (tertiary/aromatic N) is 4. The number of piperazine rings is 1. The molecule has 1 aromatic heterocycles. The summed E-state index contributed by atoms with van der Waals surface area (Å²) in [5.74, 6) is 0.928. The van der Waals surface area contributed by atoms with E-state index in [2.05, 4.69) is 34.1 Å². The highest BCUT2D eigenvalue weighted by Crippen LogP contribution is 2.30. The van der Waals surface area contributed by atoms with E-state index in [0.29, 0.717) is 17.0 Å². The van der Waals surface area contributed by atoms with Crippen molar-refractivity contribution in [3.05, 3.63) is 90.0 Å². The first-order valence-electron chi connectivity index (χ1n) is 11.6. The molecule has 0 amide bonds. The minimum Gasteiger partial charge on any atom is -0.354 e. The zero-order valence-corrected chi connectivity index (χ0v) is 20.4. The van der Waals surface area contributed by atoms with Crippen molar-refractivity contribution in [2.24, 2.45) is 0 Å². The van der Waals surface area contributed by atoms with Crippen molar-refractivity contribution in [1.82, 2.24) is 9.88 Å². The lowest BCUT2D eigenvalue weighted by Crippen LogP contribution is -2.46. The largest absolute Gasteiger partial charge is 0.354 e. The minimum atomic E-state index is -3.26. The van der Waals surface area contributed by atoms with Crippen LogP contribution < -0.4 is 4.90 Å². The van der Waals surface area contributed by atoms with Gasteiger partial charge in [-0.25, -0.2) is 13.4 Å². The predicted molar refractivity (Wildman–Crippen MR) is 139 cm³/mol. The van der Waals surface area contributed by atoms with E-state index in [1.54, 1.807) is 18.2 Å². The van der Waals surface area contributed by atoms with E-state index < -0.39 is 9.84 Å². The summed E-state index contributed by atoms with van der Waals surface area (Å²) in [6.45, 7) is 3.88. The van der Waals surface area contributed by atoms with E-state index in [0.717, 1.165) is 59.6 Å². The van der Waals surface area contributed by atoms with Crippen LogP contribution in [-0.4, -0.2) is 50.7 Å². The molecule has 176 valence electrons. The Kier molecular flexibility index (Phi) is 6.25. The van der Waals surface area contributed by atoms with Crippen molar-refractivity contribution in [3.8, 4) is 17.2 Å². The van der Waals surface area contributed by atoms with Crippen molar-refractivity contribution in [2.75, 3.05) is 37.3 Å². The van der Waals surface area contributed by atoms with Crippen LogP contribution in [-0.2, 0) is 16.4 Å². The van der Waals surface area contributed by atoms with Gasteiger partial charge in [-0.05, 0) is 41.5 Å². The number of pyridine rings is 1. The summed E-state index contributed by atoms with van der Waals surface area (Å²) in [6.07, 6.45) is 1.26. The Hall–Kier alpha value is -3.73. The SMILES string of the molecule is CS(=O)(=O)c1ccccc1CN1CCN(c2ccc3cccc(-c4cccc(C#N)c4)c3n2)CC1. The fraction of sp³-hybridized carbons (Fsp3) is 0.214. The van der Waals surface area contributed by atoms with Gasteiger partial charge in [0.2, 0.25) is 0 Å². The van der Waals surface area contributed by atoms with E-state index in [4.69, 9.17) is 4.98 Å². The summed E-state index contributed by atoms with van der Waals surface area (Å²) < 4.78 is 24.3. The Morgan fingerprint density at radius 1 is 0.914 bits per heavy atom. The van der Waals surface area contributed by atoms with E-state index >= 15 is 0 Å². The van der Waals surface area contributed by atoms with Crippen LogP contribution in [0.2, 0.25) is 0 Å². The summed E-state index contributed by atoms with van der Waals surface area (Å²) in [5.41, 5.74) is 4.39. The standard InChI is InChI=1S/C28H26N4O2S/c1-35(33,34)26-11-3-2-7-24(26)20-31-14-16-32(17-15-31)27-13-12-22-8-5-10-25(28(22)30-27)23-9-4-6-21(18-23)19-29/h2-13,18H,14-17,20H2,1H3. The third-order valence-electron chi connectivity index (χ3n) is 6.47. The molecule has 1 aliphatic rings. The van der Waals surface area contributed by atoms with Crippen LogP contribution in [0.5, 0.6) is 0 Å². The summed E-state index contributed by atoms with van der Waals surface area (Å²) in [7, 11) is -3.26. The van der Waals surface area contributed by atoms with Crippen molar-refractivity contribution in [2.45, 2.75) is 11.4 Å². The molecule has 6 nitrogen and oxygen atoms in total. The van der Waals surface area contributed by atoms with Gasteiger partial charge in [0.1, 0.15) is 5.82 Å². The lowest BCUT2D eigenvalue weighted by atomic mass is 10.0. The predicted octanol–water partition coefficient (Wildman–Crippen LogP) is 4.50. The normalized spacial score (nSPS) is 14.7. The second kappa shape index (κ2) is 9.49. The van der Waals surface area contributed by atoms with Crippen LogP contribution in [0.25, 0.3) is 22.0 Å². The molecular formula is C28H26N4O2S. The Morgan fingerprint density at radius 2 is 1.69 bits per heavy atom. The monoisotopic (exact) mass is 482 g/mol. The maximum Gasteiger partial charge on any atom is 0.175 e. The molecule has 0 aliphatic carbocycles. The van der Waals surface area contributed by atoms with Crippen molar-refractivity contribution >= 4 is 26.6 Å². The Balaban J connectivity index is 1.36. The Morgan fingerprint density at radius 3 is 2.46 bits per heavy atom. The number of nitriles is 1. The third kappa shape index (κ3) is 4.90. The molecule has 1 saturated heterocycles. The fourth-order valence-electron chi connectivity index (χ4n) is 4.67. The van der Waals surface area contributed by atoms with Crippen LogP contribution in [0.15, 0.2) is 83.8 Å². The fourth-order valence-corrected chi connectivity index (χ4v) is 5.61. The molecule has 0 N–H and O–H groups in total. The molecule has 0 radical (unpaired) electrons. The number of fused-ring (bicyclic) bond motifs is 1. The van der Waals surface area contributed by atoms with Gasteiger partial charge in [0, 0.05) is 49.9 Å². The maximum absolute atomic E-state index is 12.2. The quantitative estimate of drug-likeness (QED) is 0.417. The smallest absolute Gasteiger partial charge is 0.175 e. The van der Waals surface area contributed by atoms with E-state index in [9.17, 15) is 13.7 Å². The van der Waals surface area contributed by atoms with Gasteiger partial charge in [-0.1, -0.05) is 48.5 Å². The second-order valence-electron chi connectivity index (χ2n) is 8.88. The highest BCUT2D eigenvalue weighted by molar-refractivity contribution is 7.90.